The molecule has 1 aliphatic heterocycles. The molecule has 1 fully saturated rings. The van der Waals surface area contributed by atoms with Crippen LogP contribution in [0, 0.1) is 6.92 Å². The fraction of sp³-hybridized carbons (Fsp3) is 0.462. The Morgan fingerprint density at radius 2 is 2.41 bits per heavy atom. The number of hydrogen-bond donors (Lipinski definition) is 3. The number of urea groups is 1. The van der Waals surface area contributed by atoms with E-state index in [1.807, 2.05) is 25.1 Å². The molecule has 1 aliphatic rings. The van der Waals surface area contributed by atoms with Crippen molar-refractivity contribution in [2.45, 2.75) is 25.9 Å². The van der Waals surface area contributed by atoms with Crippen LogP contribution < -0.4 is 16.0 Å². The largest absolute Gasteiger partial charge is 0.334 e. The lowest BCUT2D eigenvalue weighted by Gasteiger charge is -2.12. The second-order valence-electron chi connectivity index (χ2n) is 4.51. The van der Waals surface area contributed by atoms with Gasteiger partial charge in [-0.15, -0.1) is 0 Å². The first-order valence-corrected chi connectivity index (χ1v) is 6.04. The fourth-order valence-corrected chi connectivity index (χ4v) is 2.02. The van der Waals surface area contributed by atoms with Crippen LogP contribution in [0.25, 0.3) is 0 Å². The van der Waals surface area contributed by atoms with E-state index in [1.165, 1.54) is 5.56 Å². The van der Waals surface area contributed by atoms with Gasteiger partial charge in [-0.25, -0.2) is 4.79 Å². The van der Waals surface area contributed by atoms with Crippen LogP contribution in [0.15, 0.2) is 24.3 Å². The van der Waals surface area contributed by atoms with Crippen LogP contribution in [-0.2, 0) is 6.54 Å². The van der Waals surface area contributed by atoms with Gasteiger partial charge in [-0.2, -0.15) is 0 Å². The van der Waals surface area contributed by atoms with Gasteiger partial charge >= 0.3 is 6.03 Å². The van der Waals surface area contributed by atoms with Crippen molar-refractivity contribution in [3.8, 4) is 0 Å². The molecule has 2 amide bonds. The third-order valence-electron chi connectivity index (χ3n) is 2.93. The predicted octanol–water partition coefficient (Wildman–Crippen LogP) is 1.16. The number of nitrogens with one attached hydrogen (secondary N) is 3. The minimum absolute atomic E-state index is 0.0831. The van der Waals surface area contributed by atoms with E-state index in [-0.39, 0.29) is 12.1 Å². The molecule has 1 unspecified atom stereocenters. The fourth-order valence-electron chi connectivity index (χ4n) is 2.02. The summed E-state index contributed by atoms with van der Waals surface area (Å²) in [5.41, 5.74) is 2.34. The molecular formula is C13H19N3O. The monoisotopic (exact) mass is 233 g/mol. The van der Waals surface area contributed by atoms with Gasteiger partial charge in [0.25, 0.3) is 0 Å². The van der Waals surface area contributed by atoms with Gasteiger partial charge in [-0.1, -0.05) is 29.8 Å². The molecule has 2 rings (SSSR count). The Balaban J connectivity index is 1.75. The first-order chi connectivity index (χ1) is 8.24. The van der Waals surface area contributed by atoms with Crippen LogP contribution in [0.1, 0.15) is 17.5 Å². The molecule has 0 bridgehead atoms. The van der Waals surface area contributed by atoms with Crippen molar-refractivity contribution in [2.75, 3.05) is 13.1 Å². The zero-order chi connectivity index (χ0) is 12.1. The lowest BCUT2D eigenvalue weighted by Crippen LogP contribution is -2.42. The number of rotatable bonds is 3. The maximum Gasteiger partial charge on any atom is 0.315 e. The highest BCUT2D eigenvalue weighted by Crippen LogP contribution is 2.03. The quantitative estimate of drug-likeness (QED) is 0.733. The molecule has 4 heteroatoms. The predicted molar refractivity (Wildman–Crippen MR) is 67.8 cm³/mol. The van der Waals surface area contributed by atoms with Crippen LogP contribution in [0.3, 0.4) is 0 Å². The summed E-state index contributed by atoms with van der Waals surface area (Å²) in [5.74, 6) is 0. The summed E-state index contributed by atoms with van der Waals surface area (Å²) in [6.45, 7) is 4.49. The molecule has 1 aromatic carbocycles. The summed E-state index contributed by atoms with van der Waals surface area (Å²) in [4.78, 5) is 11.6. The minimum atomic E-state index is -0.0831. The first-order valence-electron chi connectivity index (χ1n) is 6.04. The van der Waals surface area contributed by atoms with Gasteiger partial charge in [-0.3, -0.25) is 0 Å². The summed E-state index contributed by atoms with van der Waals surface area (Å²) in [6.07, 6.45) is 1.01. The van der Waals surface area contributed by atoms with Crippen molar-refractivity contribution >= 4 is 6.03 Å². The van der Waals surface area contributed by atoms with E-state index in [0.29, 0.717) is 6.54 Å². The van der Waals surface area contributed by atoms with Gasteiger partial charge in [0.15, 0.2) is 0 Å². The van der Waals surface area contributed by atoms with Crippen molar-refractivity contribution in [3.63, 3.8) is 0 Å². The number of amides is 2. The lowest BCUT2D eigenvalue weighted by atomic mass is 10.1. The van der Waals surface area contributed by atoms with E-state index >= 15 is 0 Å². The summed E-state index contributed by atoms with van der Waals surface area (Å²) in [5, 5.41) is 9.04. The number of carbonyl (C=O) groups is 1. The van der Waals surface area contributed by atoms with Gasteiger partial charge < -0.3 is 16.0 Å². The molecule has 1 saturated heterocycles. The van der Waals surface area contributed by atoms with Gasteiger partial charge in [0.2, 0.25) is 0 Å². The highest BCUT2D eigenvalue weighted by molar-refractivity contribution is 5.74. The Morgan fingerprint density at radius 1 is 1.53 bits per heavy atom. The number of benzene rings is 1. The standard InChI is InChI=1S/C13H19N3O/c1-10-3-2-4-11(7-10)8-15-13(17)16-12-5-6-14-9-12/h2-4,7,12,14H,5-6,8-9H2,1H3,(H2,15,16,17). The molecule has 1 atom stereocenters. The van der Waals surface area contributed by atoms with Crippen molar-refractivity contribution in [3.05, 3.63) is 35.4 Å². The molecule has 0 aliphatic carbocycles. The molecule has 0 radical (unpaired) electrons. The molecule has 3 N–H and O–H groups in total. The number of aryl methyl sites for hydroxylation is 1. The maximum absolute atomic E-state index is 11.6. The first kappa shape index (κ1) is 11.9. The molecule has 0 saturated carbocycles. The van der Waals surface area contributed by atoms with Crippen LogP contribution in [0.4, 0.5) is 4.79 Å². The average molecular weight is 233 g/mol. The van der Waals surface area contributed by atoms with Crippen LogP contribution in [-0.4, -0.2) is 25.2 Å². The van der Waals surface area contributed by atoms with E-state index in [2.05, 4.69) is 22.0 Å². The Bertz CT molecular complexity index is 386. The summed E-state index contributed by atoms with van der Waals surface area (Å²) < 4.78 is 0. The molecule has 1 aromatic rings. The van der Waals surface area contributed by atoms with Gasteiger partial charge in [0.1, 0.15) is 0 Å². The molecule has 1 heterocycles. The van der Waals surface area contributed by atoms with Gasteiger partial charge in [-0.05, 0) is 25.5 Å². The normalized spacial score (nSPS) is 19.0. The lowest BCUT2D eigenvalue weighted by molar-refractivity contribution is 0.237. The third kappa shape index (κ3) is 3.75. The van der Waals surface area contributed by atoms with Crippen LogP contribution >= 0.6 is 0 Å². The Hall–Kier alpha value is -1.55. The van der Waals surface area contributed by atoms with Gasteiger partial charge in [0.05, 0.1) is 0 Å². The van der Waals surface area contributed by atoms with E-state index < -0.39 is 0 Å². The highest BCUT2D eigenvalue weighted by atomic mass is 16.2. The van der Waals surface area contributed by atoms with Crippen molar-refractivity contribution in [1.82, 2.24) is 16.0 Å². The van der Waals surface area contributed by atoms with E-state index in [4.69, 9.17) is 0 Å². The smallest absolute Gasteiger partial charge is 0.315 e. The summed E-state index contributed by atoms with van der Waals surface area (Å²) >= 11 is 0. The third-order valence-corrected chi connectivity index (χ3v) is 2.93. The van der Waals surface area contributed by atoms with Crippen molar-refractivity contribution < 1.29 is 4.79 Å². The molecule has 17 heavy (non-hydrogen) atoms. The average Bonchev–Trinajstić information content (AvgIpc) is 2.79. The molecule has 0 aromatic heterocycles. The number of carbonyl (C=O) groups excluding carboxylic acids is 1. The van der Waals surface area contributed by atoms with Gasteiger partial charge in [0, 0.05) is 19.1 Å². The van der Waals surface area contributed by atoms with E-state index in [0.717, 1.165) is 25.1 Å². The molecule has 0 spiro atoms. The zero-order valence-electron chi connectivity index (χ0n) is 10.1. The number of hydrogen-bond acceptors (Lipinski definition) is 2. The Morgan fingerprint density at radius 3 is 3.12 bits per heavy atom. The Kier molecular flexibility index (Phi) is 3.98. The summed E-state index contributed by atoms with van der Waals surface area (Å²) in [7, 11) is 0. The topological polar surface area (TPSA) is 53.2 Å². The van der Waals surface area contributed by atoms with Crippen molar-refractivity contribution in [2.24, 2.45) is 0 Å². The second-order valence-corrected chi connectivity index (χ2v) is 4.51. The molecular weight excluding hydrogens is 214 g/mol. The SMILES string of the molecule is Cc1cccc(CNC(=O)NC2CCNC2)c1. The molecule has 4 nitrogen and oxygen atoms in total. The Labute approximate surface area is 102 Å². The highest BCUT2D eigenvalue weighted by Gasteiger charge is 2.15. The van der Waals surface area contributed by atoms with Crippen LogP contribution in [0.5, 0.6) is 0 Å². The summed E-state index contributed by atoms with van der Waals surface area (Å²) in [6, 6.07) is 8.34. The maximum atomic E-state index is 11.6. The zero-order valence-corrected chi connectivity index (χ0v) is 10.1. The minimum Gasteiger partial charge on any atom is -0.334 e. The van der Waals surface area contributed by atoms with Crippen LogP contribution in [0.2, 0.25) is 0 Å². The van der Waals surface area contributed by atoms with Crippen molar-refractivity contribution in [1.29, 1.82) is 0 Å². The van der Waals surface area contributed by atoms with E-state index in [1.54, 1.807) is 0 Å². The molecule has 92 valence electrons. The van der Waals surface area contributed by atoms with E-state index in [9.17, 15) is 4.79 Å². The second kappa shape index (κ2) is 5.68.